The summed E-state index contributed by atoms with van der Waals surface area (Å²) in [5.41, 5.74) is 5.64. The summed E-state index contributed by atoms with van der Waals surface area (Å²) >= 11 is 4.40. The number of benzene rings is 1. The predicted octanol–water partition coefficient (Wildman–Crippen LogP) is 2.17. The van der Waals surface area contributed by atoms with E-state index in [4.69, 9.17) is 10.2 Å². The van der Waals surface area contributed by atoms with Crippen LogP contribution in [0.5, 0.6) is 0 Å². The molecule has 2 rings (SSSR count). The highest BCUT2D eigenvalue weighted by atomic mass is 79.9. The maximum absolute atomic E-state index is 11.6. The summed E-state index contributed by atoms with van der Waals surface area (Å²) < 4.78 is 6.36. The minimum absolute atomic E-state index is 0.233. The molecule has 0 saturated heterocycles. The van der Waals surface area contributed by atoms with E-state index in [1.165, 1.54) is 0 Å². The summed E-state index contributed by atoms with van der Waals surface area (Å²) in [6.45, 7) is 1.60. The predicted molar refractivity (Wildman–Crippen MR) is 80.5 cm³/mol. The van der Waals surface area contributed by atoms with Crippen LogP contribution in [0.25, 0.3) is 11.5 Å². The number of thioether (sulfide) groups is 1. The molecule has 0 unspecified atom stereocenters. The minimum Gasteiger partial charge on any atom is -0.411 e. The SMILES string of the molecule is C[C@H](Sc1nnc(-c2cccc(Br)c2)o1)C(=O)NC(N)=O. The molecule has 0 spiro atoms. The fraction of sp³-hybridized carbons (Fsp3) is 0.167. The Balaban J connectivity index is 2.06. The second kappa shape index (κ2) is 6.72. The van der Waals surface area contributed by atoms with Gasteiger partial charge in [0.2, 0.25) is 11.8 Å². The van der Waals surface area contributed by atoms with Crippen molar-refractivity contribution in [2.75, 3.05) is 0 Å². The van der Waals surface area contributed by atoms with E-state index in [-0.39, 0.29) is 5.22 Å². The molecule has 21 heavy (non-hydrogen) atoms. The smallest absolute Gasteiger partial charge is 0.318 e. The number of nitrogens with zero attached hydrogens (tertiary/aromatic N) is 2. The number of amides is 3. The quantitative estimate of drug-likeness (QED) is 0.797. The number of urea groups is 1. The van der Waals surface area contributed by atoms with E-state index in [1.807, 2.05) is 29.6 Å². The van der Waals surface area contributed by atoms with E-state index >= 15 is 0 Å². The fourth-order valence-corrected chi connectivity index (χ4v) is 2.51. The largest absolute Gasteiger partial charge is 0.411 e. The van der Waals surface area contributed by atoms with Gasteiger partial charge in [0.05, 0.1) is 5.25 Å². The van der Waals surface area contributed by atoms with Crippen LogP contribution in [0.1, 0.15) is 6.92 Å². The van der Waals surface area contributed by atoms with Crippen molar-refractivity contribution < 1.29 is 14.0 Å². The van der Waals surface area contributed by atoms with Gasteiger partial charge in [0.25, 0.3) is 5.22 Å². The maximum Gasteiger partial charge on any atom is 0.318 e. The molecule has 2 aromatic rings. The number of nitrogens with one attached hydrogen (secondary N) is 1. The van der Waals surface area contributed by atoms with Crippen LogP contribution in [-0.2, 0) is 4.79 Å². The van der Waals surface area contributed by atoms with Crippen LogP contribution >= 0.6 is 27.7 Å². The summed E-state index contributed by atoms with van der Waals surface area (Å²) in [6, 6.07) is 6.50. The highest BCUT2D eigenvalue weighted by Crippen LogP contribution is 2.27. The summed E-state index contributed by atoms with van der Waals surface area (Å²) in [5, 5.41) is 9.41. The van der Waals surface area contributed by atoms with Gasteiger partial charge in [-0.3, -0.25) is 10.1 Å². The molecule has 1 aromatic carbocycles. The Labute approximate surface area is 132 Å². The molecule has 9 heteroatoms. The lowest BCUT2D eigenvalue weighted by Crippen LogP contribution is -2.39. The average Bonchev–Trinajstić information content (AvgIpc) is 2.86. The van der Waals surface area contributed by atoms with Crippen molar-refractivity contribution in [1.29, 1.82) is 0 Å². The molecule has 1 atom stereocenters. The van der Waals surface area contributed by atoms with Crippen molar-refractivity contribution in [3.05, 3.63) is 28.7 Å². The van der Waals surface area contributed by atoms with Crippen molar-refractivity contribution in [2.45, 2.75) is 17.4 Å². The number of primary amides is 1. The monoisotopic (exact) mass is 370 g/mol. The second-order valence-electron chi connectivity index (χ2n) is 4.00. The molecule has 1 aromatic heterocycles. The first-order valence-corrected chi connectivity index (χ1v) is 7.49. The van der Waals surface area contributed by atoms with Crippen molar-refractivity contribution in [3.8, 4) is 11.5 Å². The van der Waals surface area contributed by atoms with Gasteiger partial charge in [-0.2, -0.15) is 0 Å². The Bertz CT molecular complexity index is 676. The normalized spacial score (nSPS) is 11.9. The molecule has 3 N–H and O–H groups in total. The molecule has 0 bridgehead atoms. The van der Waals surface area contributed by atoms with Crippen LogP contribution in [-0.4, -0.2) is 27.4 Å². The Morgan fingerprint density at radius 3 is 2.86 bits per heavy atom. The minimum atomic E-state index is -0.896. The van der Waals surface area contributed by atoms with Gasteiger partial charge in [-0.05, 0) is 25.1 Å². The van der Waals surface area contributed by atoms with Crippen molar-refractivity contribution in [2.24, 2.45) is 5.73 Å². The first-order valence-electron chi connectivity index (χ1n) is 5.82. The molecule has 0 saturated carbocycles. The number of halogens is 1. The third-order valence-corrected chi connectivity index (χ3v) is 3.80. The Kier molecular flexibility index (Phi) is 4.97. The lowest BCUT2D eigenvalue weighted by atomic mass is 10.2. The van der Waals surface area contributed by atoms with Gasteiger partial charge in [-0.25, -0.2) is 4.79 Å². The van der Waals surface area contributed by atoms with Gasteiger partial charge in [0.15, 0.2) is 0 Å². The van der Waals surface area contributed by atoms with Gasteiger partial charge < -0.3 is 10.2 Å². The van der Waals surface area contributed by atoms with Crippen molar-refractivity contribution >= 4 is 39.6 Å². The average molecular weight is 371 g/mol. The van der Waals surface area contributed by atoms with E-state index in [1.54, 1.807) is 6.92 Å². The Hall–Kier alpha value is -1.87. The number of rotatable bonds is 4. The van der Waals surface area contributed by atoms with Crippen molar-refractivity contribution in [3.63, 3.8) is 0 Å². The topological polar surface area (TPSA) is 111 Å². The van der Waals surface area contributed by atoms with Crippen molar-refractivity contribution in [1.82, 2.24) is 15.5 Å². The van der Waals surface area contributed by atoms with Crippen LogP contribution in [0.4, 0.5) is 4.79 Å². The molecule has 0 aliphatic rings. The number of hydrogen-bond acceptors (Lipinski definition) is 6. The number of nitrogens with two attached hydrogens (primary N) is 1. The summed E-state index contributed by atoms with van der Waals surface area (Å²) in [6.07, 6.45) is 0. The van der Waals surface area contributed by atoms with Gasteiger partial charge in [-0.1, -0.05) is 33.8 Å². The maximum atomic E-state index is 11.6. The molecule has 0 fully saturated rings. The zero-order valence-corrected chi connectivity index (χ0v) is 13.3. The molecule has 0 radical (unpaired) electrons. The van der Waals surface area contributed by atoms with Crippen LogP contribution in [0.15, 0.2) is 38.4 Å². The standard InChI is InChI=1S/C12H11BrN4O3S/c1-6(9(18)15-11(14)19)21-12-17-16-10(20-12)7-3-2-4-8(13)5-7/h2-6H,1H3,(H3,14,15,18,19)/t6-/m0/s1. The van der Waals surface area contributed by atoms with E-state index in [0.29, 0.717) is 5.89 Å². The highest BCUT2D eigenvalue weighted by Gasteiger charge is 2.19. The van der Waals surface area contributed by atoms with Crippen LogP contribution < -0.4 is 11.1 Å². The fourth-order valence-electron chi connectivity index (χ4n) is 1.42. The molecule has 1 heterocycles. The Morgan fingerprint density at radius 1 is 1.43 bits per heavy atom. The zero-order chi connectivity index (χ0) is 15.4. The lowest BCUT2D eigenvalue weighted by Gasteiger charge is -2.06. The van der Waals surface area contributed by atoms with Gasteiger partial charge in [-0.15, -0.1) is 10.2 Å². The number of carbonyl (C=O) groups excluding carboxylic acids is 2. The van der Waals surface area contributed by atoms with E-state index in [2.05, 4.69) is 26.1 Å². The molecular weight excluding hydrogens is 360 g/mol. The lowest BCUT2D eigenvalue weighted by molar-refractivity contribution is -0.119. The number of aromatic nitrogens is 2. The van der Waals surface area contributed by atoms with E-state index < -0.39 is 17.2 Å². The van der Waals surface area contributed by atoms with Crippen LogP contribution in [0.3, 0.4) is 0 Å². The summed E-state index contributed by atoms with van der Waals surface area (Å²) in [7, 11) is 0. The van der Waals surface area contributed by atoms with Crippen LogP contribution in [0, 0.1) is 0 Å². The molecule has 0 aliphatic carbocycles. The van der Waals surface area contributed by atoms with Gasteiger partial charge in [0, 0.05) is 10.0 Å². The molecule has 3 amide bonds. The first-order chi connectivity index (χ1) is 9.95. The van der Waals surface area contributed by atoms with E-state index in [9.17, 15) is 9.59 Å². The molecule has 0 aliphatic heterocycles. The van der Waals surface area contributed by atoms with Gasteiger partial charge in [0.1, 0.15) is 0 Å². The number of imide groups is 1. The Morgan fingerprint density at radius 2 is 2.19 bits per heavy atom. The van der Waals surface area contributed by atoms with Crippen LogP contribution in [0.2, 0.25) is 0 Å². The third-order valence-electron chi connectivity index (χ3n) is 2.37. The highest BCUT2D eigenvalue weighted by molar-refractivity contribution is 9.10. The van der Waals surface area contributed by atoms with E-state index in [0.717, 1.165) is 21.8 Å². The second-order valence-corrected chi connectivity index (χ2v) is 6.20. The summed E-state index contributed by atoms with van der Waals surface area (Å²) in [4.78, 5) is 22.2. The summed E-state index contributed by atoms with van der Waals surface area (Å²) in [5.74, 6) is -0.170. The first kappa shape index (κ1) is 15.5. The third kappa shape index (κ3) is 4.30. The molecular formula is C12H11BrN4O3S. The molecule has 110 valence electrons. The van der Waals surface area contributed by atoms with Gasteiger partial charge >= 0.3 is 6.03 Å². The number of carbonyl (C=O) groups is 2. The number of hydrogen-bond donors (Lipinski definition) is 2. The zero-order valence-electron chi connectivity index (χ0n) is 10.9. The molecule has 7 nitrogen and oxygen atoms in total.